The van der Waals surface area contributed by atoms with Crippen molar-refractivity contribution < 1.29 is 9.50 Å². The van der Waals surface area contributed by atoms with Gasteiger partial charge in [0.1, 0.15) is 11.5 Å². The number of aromatic nitrogens is 6. The molecule has 0 aliphatic heterocycles. The summed E-state index contributed by atoms with van der Waals surface area (Å²) >= 11 is 6.10. The van der Waals surface area contributed by atoms with Crippen LogP contribution in [0.4, 0.5) is 10.3 Å². The molecule has 4 N–H and O–H groups in total. The first-order valence-corrected chi connectivity index (χ1v) is 9.84. The van der Waals surface area contributed by atoms with Gasteiger partial charge >= 0.3 is 5.69 Å². The molecule has 31 heavy (non-hydrogen) atoms. The van der Waals surface area contributed by atoms with E-state index in [0.717, 1.165) is 12.8 Å². The minimum Gasteiger partial charge on any atom is -0.493 e. The van der Waals surface area contributed by atoms with Gasteiger partial charge in [0.2, 0.25) is 11.8 Å². The van der Waals surface area contributed by atoms with Gasteiger partial charge in [0.25, 0.3) is 5.62 Å². The van der Waals surface area contributed by atoms with Gasteiger partial charge in [0.05, 0.1) is 12.2 Å². The molecular formula is C19H16ClFN8O2. The van der Waals surface area contributed by atoms with E-state index in [0.29, 0.717) is 27.1 Å². The van der Waals surface area contributed by atoms with Crippen LogP contribution >= 0.6 is 11.6 Å². The topological polar surface area (TPSA) is 136 Å². The van der Waals surface area contributed by atoms with E-state index >= 15 is 0 Å². The number of imidazole rings is 1. The van der Waals surface area contributed by atoms with Gasteiger partial charge in [0, 0.05) is 16.8 Å². The lowest BCUT2D eigenvalue weighted by Crippen LogP contribution is -2.24. The average molecular weight is 443 g/mol. The molecule has 3 aromatic heterocycles. The maximum absolute atomic E-state index is 13.3. The largest absolute Gasteiger partial charge is 0.493 e. The van der Waals surface area contributed by atoms with Crippen molar-refractivity contribution in [3.8, 4) is 5.88 Å². The summed E-state index contributed by atoms with van der Waals surface area (Å²) in [7, 11) is 0. The van der Waals surface area contributed by atoms with Crippen molar-refractivity contribution in [2.45, 2.75) is 25.4 Å². The van der Waals surface area contributed by atoms with E-state index in [4.69, 9.17) is 11.6 Å². The standard InChI is InChI=1S/C19H16ClFN8O2/c20-13-6-11(21)2-1-9(13)7-22-17-26-15-10(5-14-16(30)27-19(31)25-14)8-23-29(15)18(28-17)24-12-3-4-12/h1-2,5-6,8,12,30H,3-4,7H2,(H,22,24,28)(H2,25,27,31). The van der Waals surface area contributed by atoms with Gasteiger partial charge < -0.3 is 15.4 Å². The molecule has 1 fully saturated rings. The Hall–Kier alpha value is -3.73. The van der Waals surface area contributed by atoms with Crippen molar-refractivity contribution >= 4 is 29.3 Å². The van der Waals surface area contributed by atoms with E-state index in [1.807, 2.05) is 0 Å². The van der Waals surface area contributed by atoms with Crippen molar-refractivity contribution in [2.75, 3.05) is 5.32 Å². The Morgan fingerprint density at radius 3 is 2.90 bits per heavy atom. The quantitative estimate of drug-likeness (QED) is 0.362. The molecule has 4 aromatic rings. The summed E-state index contributed by atoms with van der Waals surface area (Å²) in [5, 5.41) is 18.1. The second-order valence-electron chi connectivity index (χ2n) is 7.12. The van der Waals surface area contributed by atoms with Crippen LogP contribution in [0.2, 0.25) is 5.02 Å². The fourth-order valence-electron chi connectivity index (χ4n) is 3.00. The van der Waals surface area contributed by atoms with Gasteiger partial charge in [-0.25, -0.2) is 14.2 Å². The third-order valence-electron chi connectivity index (χ3n) is 4.71. The van der Waals surface area contributed by atoms with Crippen molar-refractivity contribution in [3.63, 3.8) is 0 Å². The van der Waals surface area contributed by atoms with Crippen LogP contribution in [0.5, 0.6) is 5.88 Å². The molecule has 0 radical (unpaired) electrons. The number of aromatic amines is 2. The first-order chi connectivity index (χ1) is 15.0. The van der Waals surface area contributed by atoms with Crippen LogP contribution < -0.4 is 21.8 Å². The highest BCUT2D eigenvalue weighted by Gasteiger charge is 2.21. The number of nitrogens with one attached hydrogen (secondary N) is 3. The molecule has 0 saturated heterocycles. The molecule has 0 amide bonds. The Morgan fingerprint density at radius 2 is 2.19 bits per heavy atom. The van der Waals surface area contributed by atoms with Gasteiger partial charge in [-0.15, -0.1) is 0 Å². The summed E-state index contributed by atoms with van der Waals surface area (Å²) in [6.07, 6.45) is 5.06. The Balaban J connectivity index is 1.58. The lowest BCUT2D eigenvalue weighted by molar-refractivity contribution is 0.454. The SMILES string of the molecule is O=c1[nH]c(O)c(C=c2cnn3c(=NC4CC4)nc(NCc4ccc(F)cc4Cl)nc23)[nH]1. The number of aromatic hydroxyl groups is 1. The molecule has 5 rings (SSSR count). The smallest absolute Gasteiger partial charge is 0.326 e. The van der Waals surface area contributed by atoms with Crippen molar-refractivity contribution in [1.29, 1.82) is 0 Å². The van der Waals surface area contributed by atoms with E-state index in [-0.39, 0.29) is 30.1 Å². The van der Waals surface area contributed by atoms with Gasteiger partial charge in [-0.3, -0.25) is 4.98 Å². The van der Waals surface area contributed by atoms with Gasteiger partial charge in [-0.1, -0.05) is 17.7 Å². The minimum atomic E-state index is -0.530. The fourth-order valence-corrected chi connectivity index (χ4v) is 3.23. The fraction of sp³-hybridized carbons (Fsp3) is 0.211. The van der Waals surface area contributed by atoms with Crippen LogP contribution in [0.1, 0.15) is 24.1 Å². The van der Waals surface area contributed by atoms with Crippen molar-refractivity contribution in [1.82, 2.24) is 29.5 Å². The van der Waals surface area contributed by atoms with Crippen LogP contribution in [0, 0.1) is 5.82 Å². The van der Waals surface area contributed by atoms with E-state index in [2.05, 4.69) is 35.3 Å². The number of benzene rings is 1. The molecule has 1 aromatic carbocycles. The highest BCUT2D eigenvalue weighted by Crippen LogP contribution is 2.22. The lowest BCUT2D eigenvalue weighted by atomic mass is 10.2. The molecule has 1 saturated carbocycles. The second kappa shape index (κ2) is 7.51. The molecule has 1 aliphatic carbocycles. The third-order valence-corrected chi connectivity index (χ3v) is 5.06. The number of hydrogen-bond acceptors (Lipinski definition) is 7. The maximum atomic E-state index is 13.3. The average Bonchev–Trinajstić information content (AvgIpc) is 3.36. The molecular weight excluding hydrogens is 427 g/mol. The normalized spacial score (nSPS) is 15.2. The maximum Gasteiger partial charge on any atom is 0.326 e. The Morgan fingerprint density at radius 1 is 1.35 bits per heavy atom. The summed E-state index contributed by atoms with van der Waals surface area (Å²) < 4.78 is 14.8. The summed E-state index contributed by atoms with van der Waals surface area (Å²) in [5.41, 5.74) is 1.17. The lowest BCUT2D eigenvalue weighted by Gasteiger charge is -2.07. The Labute approximate surface area is 178 Å². The number of nitrogens with zero attached hydrogens (tertiary/aromatic N) is 5. The summed E-state index contributed by atoms with van der Waals surface area (Å²) in [6.45, 7) is 0.275. The third kappa shape index (κ3) is 3.99. The number of anilines is 1. The van der Waals surface area contributed by atoms with E-state index < -0.39 is 11.5 Å². The molecule has 0 spiro atoms. The molecule has 1 aliphatic rings. The zero-order valence-corrected chi connectivity index (χ0v) is 16.7. The predicted octanol–water partition coefficient (Wildman–Crippen LogP) is 0.862. The van der Waals surface area contributed by atoms with Crippen LogP contribution in [-0.4, -0.2) is 40.7 Å². The Bertz CT molecular complexity index is 1470. The zero-order chi connectivity index (χ0) is 21.5. The van der Waals surface area contributed by atoms with Crippen LogP contribution in [0.25, 0.3) is 11.7 Å². The van der Waals surface area contributed by atoms with Gasteiger partial charge in [-0.05, 0) is 36.6 Å². The Kier molecular flexibility index (Phi) is 4.66. The summed E-state index contributed by atoms with van der Waals surface area (Å²) in [6, 6.07) is 4.35. The number of hydrogen-bond donors (Lipinski definition) is 4. The molecule has 0 bridgehead atoms. The van der Waals surface area contributed by atoms with Crippen LogP contribution in [0.15, 0.2) is 34.2 Å². The number of fused-ring (bicyclic) bond motifs is 1. The molecule has 158 valence electrons. The molecule has 0 unspecified atom stereocenters. The van der Waals surface area contributed by atoms with E-state index in [1.165, 1.54) is 16.6 Å². The highest BCUT2D eigenvalue weighted by molar-refractivity contribution is 6.31. The van der Waals surface area contributed by atoms with Gasteiger partial charge in [-0.2, -0.15) is 19.6 Å². The second-order valence-corrected chi connectivity index (χ2v) is 7.53. The zero-order valence-electron chi connectivity index (χ0n) is 15.9. The number of H-pyrrole nitrogens is 2. The van der Waals surface area contributed by atoms with Crippen LogP contribution in [-0.2, 0) is 6.54 Å². The van der Waals surface area contributed by atoms with Gasteiger partial charge in [0.15, 0.2) is 5.65 Å². The number of halogens is 2. The first-order valence-electron chi connectivity index (χ1n) is 9.47. The monoisotopic (exact) mass is 442 g/mol. The summed E-state index contributed by atoms with van der Waals surface area (Å²) in [4.78, 5) is 29.7. The minimum absolute atomic E-state index is 0.194. The van der Waals surface area contributed by atoms with E-state index in [1.54, 1.807) is 18.3 Å². The van der Waals surface area contributed by atoms with Crippen molar-refractivity contribution in [2.24, 2.45) is 4.99 Å². The number of rotatable bonds is 5. The van der Waals surface area contributed by atoms with E-state index in [9.17, 15) is 14.3 Å². The first kappa shape index (κ1) is 19.2. The summed E-state index contributed by atoms with van der Waals surface area (Å²) in [5.74, 6) is -0.415. The predicted molar refractivity (Wildman–Crippen MR) is 110 cm³/mol. The highest BCUT2D eigenvalue weighted by atomic mass is 35.5. The van der Waals surface area contributed by atoms with Crippen molar-refractivity contribution in [3.05, 3.63) is 67.8 Å². The molecule has 10 nitrogen and oxygen atoms in total. The van der Waals surface area contributed by atoms with Crippen LogP contribution in [0.3, 0.4) is 0 Å². The molecule has 12 heteroatoms. The molecule has 3 heterocycles. The molecule has 0 atom stereocenters.